The number of nitrogens with two attached hydrogens (primary N) is 1. The summed E-state index contributed by atoms with van der Waals surface area (Å²) in [6, 6.07) is 12.1. The van der Waals surface area contributed by atoms with Crippen LogP contribution in [0, 0.1) is 6.92 Å². The van der Waals surface area contributed by atoms with E-state index in [-0.39, 0.29) is 6.04 Å². The van der Waals surface area contributed by atoms with Crippen LogP contribution in [0.3, 0.4) is 0 Å². The van der Waals surface area contributed by atoms with Crippen LogP contribution in [0.25, 0.3) is 10.8 Å². The van der Waals surface area contributed by atoms with E-state index < -0.39 is 0 Å². The Balaban J connectivity index is 2.20. The number of nitrogens with one attached hydrogen (secondary N) is 1. The number of hydrazine groups is 1. The summed E-state index contributed by atoms with van der Waals surface area (Å²) in [4.78, 5) is 8.51. The molecule has 0 bridgehead atoms. The molecule has 3 aromatic rings. The molecule has 0 spiro atoms. The zero-order valence-electron chi connectivity index (χ0n) is 11.2. The van der Waals surface area contributed by atoms with Gasteiger partial charge in [0.15, 0.2) is 0 Å². The van der Waals surface area contributed by atoms with Crippen molar-refractivity contribution in [3.63, 3.8) is 0 Å². The molecular formula is C16H16N4. The molecule has 4 nitrogen and oxygen atoms in total. The Hall–Kier alpha value is -2.30. The van der Waals surface area contributed by atoms with Crippen LogP contribution >= 0.6 is 0 Å². The van der Waals surface area contributed by atoms with Crippen molar-refractivity contribution in [2.24, 2.45) is 5.84 Å². The average molecular weight is 264 g/mol. The van der Waals surface area contributed by atoms with Gasteiger partial charge in [-0.2, -0.15) is 0 Å². The standard InChI is InChI=1S/C16H16N4/c1-11-13(6-3-8-19-11)16(20-17)15-5-2-4-12-10-18-9-7-14(12)15/h2-10,16,20H,17H2,1H3. The summed E-state index contributed by atoms with van der Waals surface area (Å²) in [6.45, 7) is 1.99. The van der Waals surface area contributed by atoms with Crippen LogP contribution in [0.15, 0.2) is 55.0 Å². The SMILES string of the molecule is Cc1ncccc1C(NN)c1cccc2cnccc12. The van der Waals surface area contributed by atoms with E-state index in [2.05, 4.69) is 27.5 Å². The van der Waals surface area contributed by atoms with Gasteiger partial charge in [0.05, 0.1) is 6.04 Å². The monoisotopic (exact) mass is 264 g/mol. The molecule has 1 aromatic carbocycles. The van der Waals surface area contributed by atoms with Gasteiger partial charge in [-0.15, -0.1) is 0 Å². The van der Waals surface area contributed by atoms with Crippen molar-refractivity contribution in [2.75, 3.05) is 0 Å². The van der Waals surface area contributed by atoms with E-state index >= 15 is 0 Å². The Kier molecular flexibility index (Phi) is 3.41. The molecule has 3 rings (SSSR count). The Morgan fingerprint density at radius 3 is 2.70 bits per heavy atom. The molecule has 0 saturated heterocycles. The van der Waals surface area contributed by atoms with Crippen LogP contribution in [0.1, 0.15) is 22.9 Å². The molecule has 2 heterocycles. The maximum atomic E-state index is 5.80. The van der Waals surface area contributed by atoms with Gasteiger partial charge in [0.2, 0.25) is 0 Å². The first kappa shape index (κ1) is 12.7. The smallest absolute Gasteiger partial charge is 0.0733 e. The summed E-state index contributed by atoms with van der Waals surface area (Å²) in [5.41, 5.74) is 6.09. The minimum atomic E-state index is -0.0881. The van der Waals surface area contributed by atoms with Gasteiger partial charge in [0.1, 0.15) is 0 Å². The highest BCUT2D eigenvalue weighted by molar-refractivity contribution is 5.85. The highest BCUT2D eigenvalue weighted by Crippen LogP contribution is 2.28. The number of benzene rings is 1. The Bertz CT molecular complexity index is 734. The quantitative estimate of drug-likeness (QED) is 0.563. The number of hydrogen-bond donors (Lipinski definition) is 2. The van der Waals surface area contributed by atoms with E-state index in [9.17, 15) is 0 Å². The molecule has 0 amide bonds. The van der Waals surface area contributed by atoms with E-state index in [0.29, 0.717) is 0 Å². The van der Waals surface area contributed by atoms with Crippen molar-refractivity contribution in [3.8, 4) is 0 Å². The third kappa shape index (κ3) is 2.15. The topological polar surface area (TPSA) is 63.8 Å². The zero-order chi connectivity index (χ0) is 13.9. The van der Waals surface area contributed by atoms with E-state index in [1.54, 1.807) is 12.4 Å². The molecule has 4 heteroatoms. The third-order valence-electron chi connectivity index (χ3n) is 3.55. The fraction of sp³-hybridized carbons (Fsp3) is 0.125. The zero-order valence-corrected chi connectivity index (χ0v) is 11.2. The number of fused-ring (bicyclic) bond motifs is 1. The minimum Gasteiger partial charge on any atom is -0.271 e. The van der Waals surface area contributed by atoms with E-state index in [0.717, 1.165) is 27.6 Å². The molecule has 0 aliphatic rings. The van der Waals surface area contributed by atoms with E-state index in [1.165, 1.54) is 0 Å². The molecule has 100 valence electrons. The fourth-order valence-electron chi connectivity index (χ4n) is 2.55. The number of pyridine rings is 2. The molecule has 0 aliphatic carbocycles. The van der Waals surface area contributed by atoms with Crippen LogP contribution in [-0.2, 0) is 0 Å². The Labute approximate surface area is 117 Å². The number of aromatic nitrogens is 2. The maximum absolute atomic E-state index is 5.80. The van der Waals surface area contributed by atoms with Crippen molar-refractivity contribution >= 4 is 10.8 Å². The predicted octanol–water partition coefficient (Wildman–Crippen LogP) is 2.49. The van der Waals surface area contributed by atoms with Crippen molar-refractivity contribution in [1.29, 1.82) is 0 Å². The molecule has 0 fully saturated rings. The highest BCUT2D eigenvalue weighted by atomic mass is 15.2. The Morgan fingerprint density at radius 2 is 1.90 bits per heavy atom. The second-order valence-electron chi connectivity index (χ2n) is 4.72. The number of nitrogens with zero attached hydrogens (tertiary/aromatic N) is 2. The van der Waals surface area contributed by atoms with Gasteiger partial charge in [-0.25, -0.2) is 5.43 Å². The van der Waals surface area contributed by atoms with Crippen LogP contribution in [0.2, 0.25) is 0 Å². The van der Waals surface area contributed by atoms with Gasteiger partial charge < -0.3 is 0 Å². The summed E-state index contributed by atoms with van der Waals surface area (Å²) < 4.78 is 0. The average Bonchev–Trinajstić information content (AvgIpc) is 2.50. The van der Waals surface area contributed by atoms with Crippen LogP contribution in [0.4, 0.5) is 0 Å². The van der Waals surface area contributed by atoms with Crippen LogP contribution in [0.5, 0.6) is 0 Å². The van der Waals surface area contributed by atoms with Gasteiger partial charge in [0, 0.05) is 29.7 Å². The second kappa shape index (κ2) is 5.36. The first-order valence-corrected chi connectivity index (χ1v) is 6.51. The number of rotatable bonds is 3. The molecule has 0 saturated carbocycles. The largest absolute Gasteiger partial charge is 0.271 e. The van der Waals surface area contributed by atoms with E-state index in [1.807, 2.05) is 37.4 Å². The van der Waals surface area contributed by atoms with Crippen LogP contribution in [-0.4, -0.2) is 9.97 Å². The summed E-state index contributed by atoms with van der Waals surface area (Å²) in [6.07, 6.45) is 5.46. The summed E-state index contributed by atoms with van der Waals surface area (Å²) in [7, 11) is 0. The second-order valence-corrected chi connectivity index (χ2v) is 4.72. The lowest BCUT2D eigenvalue weighted by atomic mass is 9.94. The molecule has 1 atom stereocenters. The molecule has 20 heavy (non-hydrogen) atoms. The normalized spacial score (nSPS) is 12.5. The third-order valence-corrected chi connectivity index (χ3v) is 3.55. The highest BCUT2D eigenvalue weighted by Gasteiger charge is 2.17. The van der Waals surface area contributed by atoms with Crippen LogP contribution < -0.4 is 11.3 Å². The summed E-state index contributed by atoms with van der Waals surface area (Å²) >= 11 is 0. The lowest BCUT2D eigenvalue weighted by Gasteiger charge is -2.20. The number of aryl methyl sites for hydroxylation is 1. The molecular weight excluding hydrogens is 248 g/mol. The van der Waals surface area contributed by atoms with Crippen molar-refractivity contribution in [2.45, 2.75) is 13.0 Å². The summed E-state index contributed by atoms with van der Waals surface area (Å²) in [5.74, 6) is 5.80. The van der Waals surface area contributed by atoms with E-state index in [4.69, 9.17) is 5.84 Å². The first-order valence-electron chi connectivity index (χ1n) is 6.51. The molecule has 1 unspecified atom stereocenters. The lowest BCUT2D eigenvalue weighted by Crippen LogP contribution is -2.29. The summed E-state index contributed by atoms with van der Waals surface area (Å²) in [5, 5.41) is 2.25. The molecule has 0 radical (unpaired) electrons. The van der Waals surface area contributed by atoms with Gasteiger partial charge >= 0.3 is 0 Å². The van der Waals surface area contributed by atoms with Crippen molar-refractivity contribution in [1.82, 2.24) is 15.4 Å². The first-order chi connectivity index (χ1) is 9.81. The molecule has 3 N–H and O–H groups in total. The van der Waals surface area contributed by atoms with Gasteiger partial charge in [0.25, 0.3) is 0 Å². The maximum Gasteiger partial charge on any atom is 0.0733 e. The Morgan fingerprint density at radius 1 is 1.05 bits per heavy atom. The van der Waals surface area contributed by atoms with Crippen molar-refractivity contribution in [3.05, 3.63) is 71.8 Å². The lowest BCUT2D eigenvalue weighted by molar-refractivity contribution is 0.634. The fourth-order valence-corrected chi connectivity index (χ4v) is 2.55. The number of hydrogen-bond acceptors (Lipinski definition) is 4. The molecule has 0 aliphatic heterocycles. The van der Waals surface area contributed by atoms with Gasteiger partial charge in [-0.1, -0.05) is 24.3 Å². The minimum absolute atomic E-state index is 0.0881. The van der Waals surface area contributed by atoms with Gasteiger partial charge in [-0.3, -0.25) is 15.8 Å². The van der Waals surface area contributed by atoms with Gasteiger partial charge in [-0.05, 0) is 35.6 Å². The van der Waals surface area contributed by atoms with Crippen molar-refractivity contribution < 1.29 is 0 Å². The predicted molar refractivity (Wildman–Crippen MR) is 79.9 cm³/mol. The molecule has 2 aromatic heterocycles.